The molecule has 0 bridgehead atoms. The summed E-state index contributed by atoms with van der Waals surface area (Å²) in [5, 5.41) is 0. The van der Waals surface area contributed by atoms with Crippen molar-refractivity contribution in [2.75, 3.05) is 6.54 Å². The van der Waals surface area contributed by atoms with Crippen molar-refractivity contribution in [3.8, 4) is 0 Å². The van der Waals surface area contributed by atoms with Crippen LogP contribution in [0, 0.1) is 0 Å². The lowest BCUT2D eigenvalue weighted by atomic mass is 10.1. The number of amides is 1. The minimum Gasteiger partial charge on any atom is -0.444 e. The van der Waals surface area contributed by atoms with Crippen molar-refractivity contribution in [1.82, 2.24) is 9.47 Å². The van der Waals surface area contributed by atoms with Crippen molar-refractivity contribution in [1.29, 1.82) is 0 Å². The maximum atomic E-state index is 12.8. The molecule has 0 saturated heterocycles. The number of hydrogen-bond acceptors (Lipinski definition) is 3. The SMILES string of the molecule is CC.CC(C)(C)OC(=O)N1CCn2c(cc(C(F)(F)F)cc2=O)C1. The van der Waals surface area contributed by atoms with Gasteiger partial charge in [0.1, 0.15) is 5.60 Å². The van der Waals surface area contributed by atoms with Crippen LogP contribution in [0.25, 0.3) is 0 Å². The molecule has 1 aromatic rings. The van der Waals surface area contributed by atoms with E-state index in [0.717, 1.165) is 6.07 Å². The van der Waals surface area contributed by atoms with E-state index < -0.39 is 29.0 Å². The van der Waals surface area contributed by atoms with E-state index in [0.29, 0.717) is 6.07 Å². The molecule has 0 N–H and O–H groups in total. The lowest BCUT2D eigenvalue weighted by Gasteiger charge is -2.32. The molecule has 5 nitrogen and oxygen atoms in total. The molecular weight excluding hydrogens is 325 g/mol. The Morgan fingerprint density at radius 1 is 1.12 bits per heavy atom. The Bertz CT molecular complexity index is 645. The van der Waals surface area contributed by atoms with Crippen molar-refractivity contribution in [2.24, 2.45) is 0 Å². The van der Waals surface area contributed by atoms with E-state index in [-0.39, 0.29) is 25.3 Å². The first kappa shape index (κ1) is 20.1. The van der Waals surface area contributed by atoms with Gasteiger partial charge in [0, 0.05) is 24.8 Å². The van der Waals surface area contributed by atoms with Crippen molar-refractivity contribution >= 4 is 6.09 Å². The van der Waals surface area contributed by atoms with E-state index in [1.807, 2.05) is 13.8 Å². The Morgan fingerprint density at radius 2 is 1.71 bits per heavy atom. The Balaban J connectivity index is 0.00000139. The van der Waals surface area contributed by atoms with Gasteiger partial charge in [0.15, 0.2) is 0 Å². The predicted octanol–water partition coefficient (Wildman–Crippen LogP) is 3.64. The average Bonchev–Trinajstić information content (AvgIpc) is 2.46. The van der Waals surface area contributed by atoms with Crippen molar-refractivity contribution < 1.29 is 22.7 Å². The van der Waals surface area contributed by atoms with Gasteiger partial charge in [0.25, 0.3) is 5.56 Å². The number of ether oxygens (including phenoxy) is 1. The van der Waals surface area contributed by atoms with Crippen LogP contribution in [0.5, 0.6) is 0 Å². The fourth-order valence-corrected chi connectivity index (χ4v) is 2.18. The minimum absolute atomic E-state index is 0.0892. The summed E-state index contributed by atoms with van der Waals surface area (Å²) in [5.74, 6) is 0. The maximum absolute atomic E-state index is 12.8. The van der Waals surface area contributed by atoms with Crippen LogP contribution in [0.2, 0.25) is 0 Å². The number of carbonyl (C=O) groups is 1. The number of carbonyl (C=O) groups excluding carboxylic acids is 1. The van der Waals surface area contributed by atoms with Crippen molar-refractivity contribution in [3.05, 3.63) is 33.7 Å². The molecule has 2 heterocycles. The van der Waals surface area contributed by atoms with E-state index in [2.05, 4.69) is 0 Å². The van der Waals surface area contributed by atoms with Gasteiger partial charge in [-0.2, -0.15) is 13.2 Å². The smallest absolute Gasteiger partial charge is 0.416 e. The summed E-state index contributed by atoms with van der Waals surface area (Å²) < 4.78 is 44.7. The first-order chi connectivity index (χ1) is 11.0. The first-order valence-electron chi connectivity index (χ1n) is 7.76. The van der Waals surface area contributed by atoms with Crippen LogP contribution in [0.4, 0.5) is 18.0 Å². The van der Waals surface area contributed by atoms with Crippen LogP contribution in [0.3, 0.4) is 0 Å². The molecule has 1 aliphatic rings. The zero-order valence-corrected chi connectivity index (χ0v) is 14.5. The zero-order valence-electron chi connectivity index (χ0n) is 14.5. The quantitative estimate of drug-likeness (QED) is 0.719. The second-order valence-electron chi connectivity index (χ2n) is 6.12. The van der Waals surface area contributed by atoms with Crippen LogP contribution >= 0.6 is 0 Å². The Hall–Kier alpha value is -1.99. The third kappa shape index (κ3) is 5.01. The summed E-state index contributed by atoms with van der Waals surface area (Å²) in [6.07, 6.45) is -5.20. The lowest BCUT2D eigenvalue weighted by molar-refractivity contribution is -0.137. The molecule has 1 aliphatic heterocycles. The molecule has 0 saturated carbocycles. The van der Waals surface area contributed by atoms with Gasteiger partial charge in [-0.05, 0) is 26.8 Å². The summed E-state index contributed by atoms with van der Waals surface area (Å²) >= 11 is 0. The molecular formula is C16H23F3N2O3. The normalized spacial score (nSPS) is 14.4. The van der Waals surface area contributed by atoms with Crippen molar-refractivity contribution in [2.45, 2.75) is 59.5 Å². The van der Waals surface area contributed by atoms with Gasteiger partial charge in [-0.1, -0.05) is 13.8 Å². The highest BCUT2D eigenvalue weighted by Crippen LogP contribution is 2.29. The van der Waals surface area contributed by atoms with Gasteiger partial charge < -0.3 is 14.2 Å². The second-order valence-corrected chi connectivity index (χ2v) is 6.12. The fourth-order valence-electron chi connectivity index (χ4n) is 2.18. The van der Waals surface area contributed by atoms with Gasteiger partial charge in [-0.3, -0.25) is 4.79 Å². The zero-order chi connectivity index (χ0) is 18.7. The van der Waals surface area contributed by atoms with Crippen LogP contribution in [0.15, 0.2) is 16.9 Å². The molecule has 1 amide bonds. The summed E-state index contributed by atoms with van der Waals surface area (Å²) in [4.78, 5) is 25.0. The number of nitrogens with zero attached hydrogens (tertiary/aromatic N) is 2. The molecule has 0 aromatic carbocycles. The molecule has 2 rings (SSSR count). The third-order valence-corrected chi connectivity index (χ3v) is 3.14. The topological polar surface area (TPSA) is 51.5 Å². The highest BCUT2D eigenvalue weighted by Gasteiger charge is 2.33. The Morgan fingerprint density at radius 3 is 2.21 bits per heavy atom. The maximum Gasteiger partial charge on any atom is 0.416 e. The molecule has 24 heavy (non-hydrogen) atoms. The lowest BCUT2D eigenvalue weighted by Crippen LogP contribution is -2.44. The van der Waals surface area contributed by atoms with Gasteiger partial charge in [-0.15, -0.1) is 0 Å². The summed E-state index contributed by atoms with van der Waals surface area (Å²) in [6.45, 7) is 9.38. The fraction of sp³-hybridized carbons (Fsp3) is 0.625. The Kier molecular flexibility index (Phi) is 6.08. The monoisotopic (exact) mass is 348 g/mol. The Labute approximate surface area is 139 Å². The largest absolute Gasteiger partial charge is 0.444 e. The molecule has 0 aliphatic carbocycles. The van der Waals surface area contributed by atoms with E-state index in [4.69, 9.17) is 4.74 Å². The summed E-state index contributed by atoms with van der Waals surface area (Å²) in [6, 6.07) is 1.48. The molecule has 0 spiro atoms. The minimum atomic E-state index is -4.59. The highest BCUT2D eigenvalue weighted by atomic mass is 19.4. The predicted molar refractivity (Wildman–Crippen MR) is 83.7 cm³/mol. The molecule has 0 atom stereocenters. The van der Waals surface area contributed by atoms with E-state index in [1.165, 1.54) is 9.47 Å². The second kappa shape index (κ2) is 7.27. The van der Waals surface area contributed by atoms with Gasteiger partial charge in [0.2, 0.25) is 0 Å². The molecule has 8 heteroatoms. The molecule has 1 aromatic heterocycles. The average molecular weight is 348 g/mol. The van der Waals surface area contributed by atoms with E-state index in [9.17, 15) is 22.8 Å². The van der Waals surface area contributed by atoms with Crippen molar-refractivity contribution in [3.63, 3.8) is 0 Å². The third-order valence-electron chi connectivity index (χ3n) is 3.14. The number of pyridine rings is 1. The highest BCUT2D eigenvalue weighted by molar-refractivity contribution is 5.68. The number of alkyl halides is 3. The molecule has 136 valence electrons. The van der Waals surface area contributed by atoms with Gasteiger partial charge in [-0.25, -0.2) is 4.79 Å². The van der Waals surface area contributed by atoms with Crippen LogP contribution in [-0.4, -0.2) is 27.7 Å². The van der Waals surface area contributed by atoms with Crippen LogP contribution in [-0.2, 0) is 24.0 Å². The molecule has 0 unspecified atom stereocenters. The number of halogens is 3. The van der Waals surface area contributed by atoms with E-state index in [1.54, 1.807) is 20.8 Å². The van der Waals surface area contributed by atoms with Gasteiger partial charge in [0.05, 0.1) is 12.1 Å². The molecule has 0 radical (unpaired) electrons. The first-order valence-corrected chi connectivity index (χ1v) is 7.76. The summed E-state index contributed by atoms with van der Waals surface area (Å²) in [5.41, 5.74) is -2.26. The van der Waals surface area contributed by atoms with Crippen LogP contribution in [0.1, 0.15) is 45.9 Å². The van der Waals surface area contributed by atoms with E-state index >= 15 is 0 Å². The number of rotatable bonds is 0. The molecule has 0 fully saturated rings. The van der Waals surface area contributed by atoms with Crippen LogP contribution < -0.4 is 5.56 Å². The number of aromatic nitrogens is 1. The number of fused-ring (bicyclic) bond motifs is 1. The number of hydrogen-bond donors (Lipinski definition) is 0. The standard InChI is InChI=1S/C14H17F3N2O3.C2H6/c1-13(2,3)22-12(21)18-4-5-19-10(8-18)6-9(7-11(19)20)14(15,16)17;1-2/h6-7H,4-5,8H2,1-3H3;1-2H3. The summed E-state index contributed by atoms with van der Waals surface area (Å²) in [7, 11) is 0. The van der Waals surface area contributed by atoms with Gasteiger partial charge >= 0.3 is 12.3 Å².